The van der Waals surface area contributed by atoms with E-state index in [1.165, 1.54) is 12.1 Å². The van der Waals surface area contributed by atoms with Crippen LogP contribution in [0.25, 0.3) is 0 Å². The molecule has 4 N–H and O–H groups in total. The Labute approximate surface area is 104 Å². The molecule has 6 heteroatoms. The zero-order valence-electron chi connectivity index (χ0n) is 9.94. The van der Waals surface area contributed by atoms with Gasteiger partial charge in [-0.3, -0.25) is 4.79 Å². The number of nitrogens with one attached hydrogen (secondary N) is 1. The number of carbonyl (C=O) groups excluding carboxylic acids is 1. The summed E-state index contributed by atoms with van der Waals surface area (Å²) in [5, 5.41) is 11.6. The van der Waals surface area contributed by atoms with Gasteiger partial charge in [-0.25, -0.2) is 4.39 Å². The summed E-state index contributed by atoms with van der Waals surface area (Å²) in [5.41, 5.74) is 5.27. The Morgan fingerprint density at radius 2 is 2.39 bits per heavy atom. The zero-order valence-corrected chi connectivity index (χ0v) is 9.94. The number of rotatable bonds is 2. The van der Waals surface area contributed by atoms with Crippen molar-refractivity contribution < 1.29 is 19.0 Å². The van der Waals surface area contributed by atoms with Crippen molar-refractivity contribution >= 4 is 11.6 Å². The van der Waals surface area contributed by atoms with E-state index in [2.05, 4.69) is 5.32 Å². The number of phenolic OH excluding ortho intramolecular Hbond substituents is 1. The van der Waals surface area contributed by atoms with Crippen LogP contribution >= 0.6 is 0 Å². The van der Waals surface area contributed by atoms with Crippen molar-refractivity contribution in [3.63, 3.8) is 0 Å². The van der Waals surface area contributed by atoms with Crippen LogP contribution in [-0.2, 0) is 9.53 Å². The maximum atomic E-state index is 13.1. The lowest BCUT2D eigenvalue weighted by Gasteiger charge is -2.25. The molecule has 1 saturated heterocycles. The number of hydrogen-bond acceptors (Lipinski definition) is 4. The Kier molecular flexibility index (Phi) is 3.23. The predicted octanol–water partition coefficient (Wildman–Crippen LogP) is 0.834. The molecule has 2 rings (SSSR count). The quantitative estimate of drug-likeness (QED) is 0.683. The molecule has 1 aliphatic rings. The number of nitrogens with two attached hydrogens (primary N) is 1. The topological polar surface area (TPSA) is 84.6 Å². The van der Waals surface area contributed by atoms with E-state index in [0.29, 0.717) is 6.61 Å². The summed E-state index contributed by atoms with van der Waals surface area (Å²) in [6.07, 6.45) is 0. The highest BCUT2D eigenvalue weighted by Gasteiger charge is 2.44. The molecule has 5 nitrogen and oxygen atoms in total. The van der Waals surface area contributed by atoms with Gasteiger partial charge in [0.1, 0.15) is 0 Å². The average molecular weight is 254 g/mol. The Hall–Kier alpha value is -1.66. The second kappa shape index (κ2) is 4.55. The normalized spacial score (nSPS) is 27.2. The number of carbonyl (C=O) groups is 1. The third kappa shape index (κ3) is 2.16. The fourth-order valence-electron chi connectivity index (χ4n) is 1.78. The van der Waals surface area contributed by atoms with Crippen molar-refractivity contribution in [1.82, 2.24) is 0 Å². The second-order valence-corrected chi connectivity index (χ2v) is 4.66. The van der Waals surface area contributed by atoms with E-state index in [0.717, 1.165) is 6.07 Å². The van der Waals surface area contributed by atoms with Crippen LogP contribution in [0.4, 0.5) is 10.1 Å². The molecule has 1 aromatic rings. The van der Waals surface area contributed by atoms with Crippen LogP contribution in [0.5, 0.6) is 5.75 Å². The summed E-state index contributed by atoms with van der Waals surface area (Å²) in [7, 11) is 0. The maximum absolute atomic E-state index is 13.1. The van der Waals surface area contributed by atoms with Crippen molar-refractivity contribution in [2.45, 2.75) is 13.0 Å². The molecule has 1 aromatic carbocycles. The molecule has 0 bridgehead atoms. The standard InChI is InChI=1S/C12H15FN2O3/c1-12(6-18-5-10(12)14)11(17)15-7-2-3-9(16)8(13)4-7/h2-4,10,16H,5-6,14H2,1H3,(H,15,17). The first-order valence-corrected chi connectivity index (χ1v) is 5.57. The molecule has 18 heavy (non-hydrogen) atoms. The third-order valence-corrected chi connectivity index (χ3v) is 3.24. The molecule has 1 aliphatic heterocycles. The highest BCUT2D eigenvalue weighted by atomic mass is 19.1. The van der Waals surface area contributed by atoms with Crippen LogP contribution in [0, 0.1) is 11.2 Å². The van der Waals surface area contributed by atoms with Crippen molar-refractivity contribution in [3.8, 4) is 5.75 Å². The van der Waals surface area contributed by atoms with Gasteiger partial charge in [0, 0.05) is 17.8 Å². The van der Waals surface area contributed by atoms with E-state index in [9.17, 15) is 9.18 Å². The monoisotopic (exact) mass is 254 g/mol. The molecule has 1 fully saturated rings. The number of benzene rings is 1. The number of ether oxygens (including phenoxy) is 1. The molecule has 0 spiro atoms. The molecule has 1 amide bonds. The zero-order chi connectivity index (χ0) is 13.3. The summed E-state index contributed by atoms with van der Waals surface area (Å²) in [6.45, 7) is 2.27. The number of amides is 1. The fourth-order valence-corrected chi connectivity index (χ4v) is 1.78. The van der Waals surface area contributed by atoms with E-state index >= 15 is 0 Å². The van der Waals surface area contributed by atoms with Gasteiger partial charge in [-0.05, 0) is 19.1 Å². The SMILES string of the molecule is CC1(C(=O)Nc2ccc(O)c(F)c2)COCC1N. The molecule has 0 aliphatic carbocycles. The number of halogens is 1. The van der Waals surface area contributed by atoms with Gasteiger partial charge in [0.25, 0.3) is 0 Å². The Bertz CT molecular complexity index is 480. The van der Waals surface area contributed by atoms with Gasteiger partial charge in [0.05, 0.1) is 18.6 Å². The first kappa shape index (κ1) is 12.8. The summed E-state index contributed by atoms with van der Waals surface area (Å²) in [5.74, 6) is -1.57. The van der Waals surface area contributed by atoms with Crippen LogP contribution < -0.4 is 11.1 Å². The average Bonchev–Trinajstić information content (AvgIpc) is 2.66. The van der Waals surface area contributed by atoms with Crippen molar-refractivity contribution in [2.24, 2.45) is 11.1 Å². The molecule has 0 saturated carbocycles. The van der Waals surface area contributed by atoms with Gasteiger partial charge in [0.2, 0.25) is 5.91 Å². The van der Waals surface area contributed by atoms with E-state index in [1.54, 1.807) is 6.92 Å². The number of anilines is 1. The smallest absolute Gasteiger partial charge is 0.234 e. The maximum Gasteiger partial charge on any atom is 0.234 e. The lowest BCUT2D eigenvalue weighted by atomic mass is 9.85. The number of hydrogen-bond donors (Lipinski definition) is 3. The fraction of sp³-hybridized carbons (Fsp3) is 0.417. The van der Waals surface area contributed by atoms with Crippen LogP contribution in [0.15, 0.2) is 18.2 Å². The lowest BCUT2D eigenvalue weighted by molar-refractivity contribution is -0.125. The third-order valence-electron chi connectivity index (χ3n) is 3.24. The Morgan fingerprint density at radius 3 is 2.94 bits per heavy atom. The minimum absolute atomic E-state index is 0.237. The first-order chi connectivity index (χ1) is 8.43. The molecular formula is C12H15FN2O3. The van der Waals surface area contributed by atoms with Gasteiger partial charge in [-0.2, -0.15) is 0 Å². The van der Waals surface area contributed by atoms with Crippen LogP contribution in [-0.4, -0.2) is 30.3 Å². The number of aromatic hydroxyl groups is 1. The number of phenols is 1. The highest BCUT2D eigenvalue weighted by Crippen LogP contribution is 2.29. The highest BCUT2D eigenvalue weighted by molar-refractivity contribution is 5.96. The molecule has 1 heterocycles. The summed E-state index contributed by atoms with van der Waals surface area (Å²) in [6, 6.07) is 3.26. The van der Waals surface area contributed by atoms with Crippen molar-refractivity contribution in [2.75, 3.05) is 18.5 Å². The van der Waals surface area contributed by atoms with Gasteiger partial charge >= 0.3 is 0 Å². The first-order valence-electron chi connectivity index (χ1n) is 5.57. The van der Waals surface area contributed by atoms with Crippen molar-refractivity contribution in [3.05, 3.63) is 24.0 Å². The molecule has 98 valence electrons. The Balaban J connectivity index is 2.14. The van der Waals surface area contributed by atoms with E-state index in [1.807, 2.05) is 0 Å². The van der Waals surface area contributed by atoms with Gasteiger partial charge in [-0.15, -0.1) is 0 Å². The second-order valence-electron chi connectivity index (χ2n) is 4.66. The van der Waals surface area contributed by atoms with Crippen LogP contribution in [0.1, 0.15) is 6.92 Å². The van der Waals surface area contributed by atoms with Crippen LogP contribution in [0.3, 0.4) is 0 Å². The molecule has 2 atom stereocenters. The minimum Gasteiger partial charge on any atom is -0.505 e. The van der Waals surface area contributed by atoms with Gasteiger partial charge in [0.15, 0.2) is 11.6 Å². The van der Waals surface area contributed by atoms with E-state index < -0.39 is 17.0 Å². The van der Waals surface area contributed by atoms with E-state index in [-0.39, 0.29) is 24.2 Å². The molecule has 0 radical (unpaired) electrons. The summed E-state index contributed by atoms with van der Waals surface area (Å²) in [4.78, 5) is 12.1. The predicted molar refractivity (Wildman–Crippen MR) is 63.6 cm³/mol. The van der Waals surface area contributed by atoms with Gasteiger partial charge in [-0.1, -0.05) is 0 Å². The van der Waals surface area contributed by atoms with Gasteiger partial charge < -0.3 is 20.9 Å². The van der Waals surface area contributed by atoms with E-state index in [4.69, 9.17) is 15.6 Å². The van der Waals surface area contributed by atoms with Crippen molar-refractivity contribution in [1.29, 1.82) is 0 Å². The van der Waals surface area contributed by atoms with Crippen LogP contribution in [0.2, 0.25) is 0 Å². The Morgan fingerprint density at radius 1 is 1.67 bits per heavy atom. The summed E-state index contributed by atoms with van der Waals surface area (Å²) < 4.78 is 18.3. The molecule has 2 unspecified atom stereocenters. The minimum atomic E-state index is -0.825. The largest absolute Gasteiger partial charge is 0.505 e. The molecule has 0 aromatic heterocycles. The lowest BCUT2D eigenvalue weighted by Crippen LogP contribution is -2.47. The summed E-state index contributed by atoms with van der Waals surface area (Å²) >= 11 is 0. The molecular weight excluding hydrogens is 239 g/mol.